The van der Waals surface area contributed by atoms with E-state index in [1.165, 1.54) is 0 Å². The van der Waals surface area contributed by atoms with E-state index in [9.17, 15) is 14.4 Å². The molecule has 6 heteroatoms. The summed E-state index contributed by atoms with van der Waals surface area (Å²) >= 11 is 0. The van der Waals surface area contributed by atoms with Crippen LogP contribution in [0.1, 0.15) is 12.8 Å². The van der Waals surface area contributed by atoms with Crippen molar-refractivity contribution in [3.63, 3.8) is 0 Å². The molecular formula is C9H12N2O4. The lowest BCUT2D eigenvalue weighted by Gasteiger charge is -2.09. The van der Waals surface area contributed by atoms with Crippen LogP contribution in [0.2, 0.25) is 0 Å². The molecule has 0 radical (unpaired) electrons. The highest BCUT2D eigenvalue weighted by Crippen LogP contribution is 2.38. The van der Waals surface area contributed by atoms with Gasteiger partial charge in [-0.1, -0.05) is 0 Å². The average Bonchev–Trinajstić information content (AvgIpc) is 2.86. The minimum absolute atomic E-state index is 0.0779. The first kappa shape index (κ1) is 9.95. The van der Waals surface area contributed by atoms with E-state index in [0.717, 1.165) is 0 Å². The Kier molecular flexibility index (Phi) is 2.34. The third kappa shape index (κ3) is 2.08. The molecule has 3 N–H and O–H groups in total. The Morgan fingerprint density at radius 2 is 2.13 bits per heavy atom. The van der Waals surface area contributed by atoms with Crippen molar-refractivity contribution in [2.75, 3.05) is 6.54 Å². The van der Waals surface area contributed by atoms with Gasteiger partial charge >= 0.3 is 5.97 Å². The minimum atomic E-state index is -0.921. The maximum atomic E-state index is 11.5. The summed E-state index contributed by atoms with van der Waals surface area (Å²) in [5.41, 5.74) is 0. The van der Waals surface area contributed by atoms with E-state index in [2.05, 4.69) is 10.6 Å². The van der Waals surface area contributed by atoms with Gasteiger partial charge in [0, 0.05) is 13.0 Å². The summed E-state index contributed by atoms with van der Waals surface area (Å²) in [6, 6.07) is -0.181. The van der Waals surface area contributed by atoms with E-state index >= 15 is 0 Å². The van der Waals surface area contributed by atoms with Crippen molar-refractivity contribution < 1.29 is 19.5 Å². The normalized spacial score (nSPS) is 33.3. The summed E-state index contributed by atoms with van der Waals surface area (Å²) in [5, 5.41) is 13.9. The van der Waals surface area contributed by atoms with Crippen LogP contribution in [0.25, 0.3) is 0 Å². The van der Waals surface area contributed by atoms with E-state index in [1.54, 1.807) is 0 Å². The second-order valence-corrected chi connectivity index (χ2v) is 4.00. The van der Waals surface area contributed by atoms with Crippen molar-refractivity contribution in [2.45, 2.75) is 18.9 Å². The van der Waals surface area contributed by atoms with Gasteiger partial charge in [-0.3, -0.25) is 14.4 Å². The van der Waals surface area contributed by atoms with Crippen molar-refractivity contribution in [2.24, 2.45) is 11.8 Å². The molecule has 2 aliphatic rings. The molecule has 3 atom stereocenters. The first-order valence-corrected chi connectivity index (χ1v) is 4.88. The van der Waals surface area contributed by atoms with Crippen LogP contribution >= 0.6 is 0 Å². The van der Waals surface area contributed by atoms with Gasteiger partial charge in [0.1, 0.15) is 0 Å². The van der Waals surface area contributed by atoms with E-state index in [0.29, 0.717) is 13.0 Å². The van der Waals surface area contributed by atoms with Crippen LogP contribution in [0.5, 0.6) is 0 Å². The monoisotopic (exact) mass is 212 g/mol. The Morgan fingerprint density at radius 3 is 2.60 bits per heavy atom. The SMILES string of the molecule is O=C1CC(NC(=O)[C@@H]2C[C@@H]2C(=O)O)CN1. The van der Waals surface area contributed by atoms with E-state index in [4.69, 9.17) is 5.11 Å². The van der Waals surface area contributed by atoms with Gasteiger partial charge in [-0.15, -0.1) is 0 Å². The Balaban J connectivity index is 1.79. The third-order valence-corrected chi connectivity index (χ3v) is 2.77. The minimum Gasteiger partial charge on any atom is -0.481 e. The highest BCUT2D eigenvalue weighted by atomic mass is 16.4. The number of hydrogen-bond acceptors (Lipinski definition) is 3. The highest BCUT2D eigenvalue weighted by molar-refractivity contribution is 5.90. The van der Waals surface area contributed by atoms with Crippen molar-refractivity contribution in [1.82, 2.24) is 10.6 Å². The van der Waals surface area contributed by atoms with Crippen LogP contribution < -0.4 is 10.6 Å². The molecule has 0 aromatic rings. The van der Waals surface area contributed by atoms with Gasteiger partial charge in [-0.05, 0) is 6.42 Å². The number of amides is 2. The lowest BCUT2D eigenvalue weighted by atomic mass is 10.2. The van der Waals surface area contributed by atoms with Gasteiger partial charge < -0.3 is 15.7 Å². The maximum absolute atomic E-state index is 11.5. The predicted molar refractivity (Wildman–Crippen MR) is 48.8 cm³/mol. The number of rotatable bonds is 3. The molecule has 1 unspecified atom stereocenters. The highest BCUT2D eigenvalue weighted by Gasteiger charge is 2.48. The third-order valence-electron chi connectivity index (χ3n) is 2.77. The Bertz CT molecular complexity index is 328. The molecule has 1 heterocycles. The number of carbonyl (C=O) groups is 3. The zero-order valence-corrected chi connectivity index (χ0v) is 8.03. The summed E-state index contributed by atoms with van der Waals surface area (Å²) in [6.45, 7) is 0.440. The van der Waals surface area contributed by atoms with Crippen LogP contribution in [0.15, 0.2) is 0 Å². The van der Waals surface area contributed by atoms with Gasteiger partial charge in [0.15, 0.2) is 0 Å². The molecule has 82 valence electrons. The summed E-state index contributed by atoms with van der Waals surface area (Å²) in [4.78, 5) is 32.8. The topological polar surface area (TPSA) is 95.5 Å². The lowest BCUT2D eigenvalue weighted by molar-refractivity contribution is -0.140. The van der Waals surface area contributed by atoms with Crippen LogP contribution in [-0.4, -0.2) is 35.5 Å². The maximum Gasteiger partial charge on any atom is 0.307 e. The Labute approximate surface area is 86.0 Å². The number of carboxylic acids is 1. The molecule has 1 aliphatic carbocycles. The van der Waals surface area contributed by atoms with E-state index in [1.807, 2.05) is 0 Å². The van der Waals surface area contributed by atoms with Crippen molar-refractivity contribution in [1.29, 1.82) is 0 Å². The zero-order valence-electron chi connectivity index (χ0n) is 8.03. The van der Waals surface area contributed by atoms with Crippen LogP contribution in [0.3, 0.4) is 0 Å². The standard InChI is InChI=1S/C9H12N2O4/c12-7-1-4(3-10-7)11-8(13)5-2-6(5)9(14)15/h4-6H,1-3H2,(H,10,12)(H,11,13)(H,14,15)/t4?,5-,6+/m1/s1. The molecule has 2 rings (SSSR count). The van der Waals surface area contributed by atoms with Crippen LogP contribution in [-0.2, 0) is 14.4 Å². The van der Waals surface area contributed by atoms with Gasteiger partial charge in [-0.25, -0.2) is 0 Å². The molecule has 0 aromatic carbocycles. The molecule has 1 aliphatic heterocycles. The van der Waals surface area contributed by atoms with Gasteiger partial charge in [0.25, 0.3) is 0 Å². The summed E-state index contributed by atoms with van der Waals surface area (Å²) < 4.78 is 0. The molecule has 2 amide bonds. The number of hydrogen-bond donors (Lipinski definition) is 3. The van der Waals surface area contributed by atoms with Crippen molar-refractivity contribution >= 4 is 17.8 Å². The molecule has 0 bridgehead atoms. The second-order valence-electron chi connectivity index (χ2n) is 4.00. The Morgan fingerprint density at radius 1 is 1.40 bits per heavy atom. The number of carboxylic acid groups (broad SMARTS) is 1. The summed E-state index contributed by atoms with van der Waals surface area (Å²) in [5.74, 6) is -2.18. The Hall–Kier alpha value is -1.59. The number of nitrogens with one attached hydrogen (secondary N) is 2. The predicted octanol–water partition coefficient (Wildman–Crippen LogP) is -1.29. The van der Waals surface area contributed by atoms with Crippen molar-refractivity contribution in [3.05, 3.63) is 0 Å². The average molecular weight is 212 g/mol. The fourth-order valence-electron chi connectivity index (χ4n) is 1.77. The van der Waals surface area contributed by atoms with Crippen molar-refractivity contribution in [3.8, 4) is 0 Å². The largest absolute Gasteiger partial charge is 0.481 e. The molecule has 1 saturated carbocycles. The fourth-order valence-corrected chi connectivity index (χ4v) is 1.77. The van der Waals surface area contributed by atoms with Gasteiger partial charge in [0.05, 0.1) is 17.9 Å². The fraction of sp³-hybridized carbons (Fsp3) is 0.667. The lowest BCUT2D eigenvalue weighted by Crippen LogP contribution is -2.37. The summed E-state index contributed by atoms with van der Waals surface area (Å²) in [7, 11) is 0. The van der Waals surface area contributed by atoms with Gasteiger partial charge in [-0.2, -0.15) is 0 Å². The van der Waals surface area contributed by atoms with Gasteiger partial charge in [0.2, 0.25) is 11.8 Å². The molecular weight excluding hydrogens is 200 g/mol. The molecule has 0 aromatic heterocycles. The first-order valence-electron chi connectivity index (χ1n) is 4.88. The summed E-state index contributed by atoms with van der Waals surface area (Å²) in [6.07, 6.45) is 0.700. The number of aliphatic carboxylic acids is 1. The molecule has 1 saturated heterocycles. The zero-order chi connectivity index (χ0) is 11.0. The van der Waals surface area contributed by atoms with Crippen LogP contribution in [0.4, 0.5) is 0 Å². The quantitative estimate of drug-likeness (QED) is 0.542. The molecule has 2 fully saturated rings. The van der Waals surface area contributed by atoms with E-state index < -0.39 is 17.8 Å². The molecule has 15 heavy (non-hydrogen) atoms. The van der Waals surface area contributed by atoms with Crippen LogP contribution in [0, 0.1) is 11.8 Å². The second kappa shape index (κ2) is 3.52. The number of carbonyl (C=O) groups excluding carboxylic acids is 2. The first-order chi connectivity index (χ1) is 7.08. The smallest absolute Gasteiger partial charge is 0.307 e. The van der Waals surface area contributed by atoms with E-state index in [-0.39, 0.29) is 24.3 Å². The molecule has 0 spiro atoms. The molecule has 6 nitrogen and oxygen atoms in total.